The van der Waals surface area contributed by atoms with Crippen LogP contribution in [0.2, 0.25) is 0 Å². The van der Waals surface area contributed by atoms with Gasteiger partial charge < -0.3 is 19.9 Å². The molecule has 0 unspecified atom stereocenters. The summed E-state index contributed by atoms with van der Waals surface area (Å²) in [5.41, 5.74) is -2.40. The van der Waals surface area contributed by atoms with Gasteiger partial charge in [-0.1, -0.05) is 19.4 Å². The first-order chi connectivity index (χ1) is 13.6. The Hall–Kier alpha value is -1.78. The lowest BCUT2D eigenvalue weighted by Gasteiger charge is -2.46. The zero-order chi connectivity index (χ0) is 21.7. The molecular weight excluding hydrogens is 401 g/mol. The van der Waals surface area contributed by atoms with Crippen LogP contribution in [0.5, 0.6) is 0 Å². The molecule has 0 saturated carbocycles. The standard InChI is InChI=1S/C19H24F5NO4/c1-2-3-6-28-10-14-7-12(9-26)18(11-29-14,25-17(27)19(22,23)24)15-5-4-13(20)8-16(15)21/h4-5,8,12,14,26H,2-3,6-7,9-11H2,1H3,(H,25,27)/t12-,14+,18-/m0/s1. The van der Waals surface area contributed by atoms with Crippen molar-refractivity contribution in [1.29, 1.82) is 0 Å². The van der Waals surface area contributed by atoms with Crippen molar-refractivity contribution in [2.45, 2.75) is 44.0 Å². The van der Waals surface area contributed by atoms with E-state index in [0.717, 1.165) is 25.0 Å². The van der Waals surface area contributed by atoms with E-state index in [1.165, 1.54) is 0 Å². The van der Waals surface area contributed by atoms with Crippen LogP contribution in [0.3, 0.4) is 0 Å². The summed E-state index contributed by atoms with van der Waals surface area (Å²) < 4.78 is 77.6. The van der Waals surface area contributed by atoms with Gasteiger partial charge in [-0.05, 0) is 18.9 Å². The third-order valence-corrected chi connectivity index (χ3v) is 4.96. The summed E-state index contributed by atoms with van der Waals surface area (Å²) in [5, 5.41) is 11.6. The topological polar surface area (TPSA) is 67.8 Å². The predicted octanol–water partition coefficient (Wildman–Crippen LogP) is 3.05. The van der Waals surface area contributed by atoms with Crippen LogP contribution >= 0.6 is 0 Å². The minimum Gasteiger partial charge on any atom is -0.396 e. The smallest absolute Gasteiger partial charge is 0.396 e. The molecule has 0 aromatic heterocycles. The summed E-state index contributed by atoms with van der Waals surface area (Å²) in [4.78, 5) is 11.7. The Bertz CT molecular complexity index is 700. The molecule has 0 radical (unpaired) electrons. The monoisotopic (exact) mass is 425 g/mol. The number of ether oxygens (including phenoxy) is 2. The largest absolute Gasteiger partial charge is 0.471 e. The number of hydrogen-bond acceptors (Lipinski definition) is 4. The minimum absolute atomic E-state index is 0.0115. The zero-order valence-corrected chi connectivity index (χ0v) is 15.9. The molecule has 1 aliphatic heterocycles. The van der Waals surface area contributed by atoms with Gasteiger partial charge in [0, 0.05) is 30.8 Å². The molecule has 164 valence electrons. The number of aliphatic hydroxyl groups excluding tert-OH is 1. The minimum atomic E-state index is -5.23. The lowest BCUT2D eigenvalue weighted by Crippen LogP contribution is -2.62. The second-order valence-corrected chi connectivity index (χ2v) is 7.02. The van der Waals surface area contributed by atoms with Crippen LogP contribution in [-0.2, 0) is 19.8 Å². The van der Waals surface area contributed by atoms with Crippen molar-refractivity contribution in [2.24, 2.45) is 5.92 Å². The van der Waals surface area contributed by atoms with Crippen LogP contribution in [0.4, 0.5) is 22.0 Å². The molecule has 2 rings (SSSR count). The number of halogens is 5. The normalized spacial score (nSPS) is 25.1. The van der Waals surface area contributed by atoms with Gasteiger partial charge in [-0.3, -0.25) is 4.79 Å². The van der Waals surface area contributed by atoms with Gasteiger partial charge in [-0.25, -0.2) is 8.78 Å². The molecule has 1 aliphatic rings. The summed E-state index contributed by atoms with van der Waals surface area (Å²) in [7, 11) is 0. The average Bonchev–Trinajstić information content (AvgIpc) is 2.65. The van der Waals surface area contributed by atoms with E-state index in [4.69, 9.17) is 9.47 Å². The van der Waals surface area contributed by atoms with Gasteiger partial charge in [-0.2, -0.15) is 13.2 Å². The van der Waals surface area contributed by atoms with Crippen LogP contribution in [0.15, 0.2) is 18.2 Å². The van der Waals surface area contributed by atoms with E-state index in [9.17, 15) is 31.9 Å². The molecule has 29 heavy (non-hydrogen) atoms. The van der Waals surface area contributed by atoms with Gasteiger partial charge in [0.25, 0.3) is 0 Å². The summed E-state index contributed by atoms with van der Waals surface area (Å²) >= 11 is 0. The van der Waals surface area contributed by atoms with Gasteiger partial charge >= 0.3 is 12.1 Å². The van der Waals surface area contributed by atoms with Crippen molar-refractivity contribution >= 4 is 5.91 Å². The summed E-state index contributed by atoms with van der Waals surface area (Å²) in [6, 6.07) is 2.32. The van der Waals surface area contributed by atoms with Gasteiger partial charge in [0.2, 0.25) is 0 Å². The van der Waals surface area contributed by atoms with Gasteiger partial charge in [0.15, 0.2) is 0 Å². The molecule has 1 saturated heterocycles. The third-order valence-electron chi connectivity index (χ3n) is 4.96. The highest BCUT2D eigenvalue weighted by Gasteiger charge is 2.52. The number of amides is 1. The predicted molar refractivity (Wildman–Crippen MR) is 92.9 cm³/mol. The number of carbonyl (C=O) groups is 1. The maximum absolute atomic E-state index is 14.5. The van der Waals surface area contributed by atoms with Gasteiger partial charge in [0.1, 0.15) is 11.6 Å². The number of nitrogens with one attached hydrogen (secondary N) is 1. The van der Waals surface area contributed by atoms with Crippen molar-refractivity contribution < 1.29 is 41.3 Å². The van der Waals surface area contributed by atoms with Crippen LogP contribution in [0.1, 0.15) is 31.7 Å². The molecule has 1 heterocycles. The van der Waals surface area contributed by atoms with Crippen LogP contribution in [0, 0.1) is 17.6 Å². The average molecular weight is 425 g/mol. The number of benzene rings is 1. The van der Waals surface area contributed by atoms with Crippen molar-refractivity contribution in [2.75, 3.05) is 26.4 Å². The number of unbranched alkanes of at least 4 members (excludes halogenated alkanes) is 1. The van der Waals surface area contributed by atoms with Gasteiger partial charge in [0.05, 0.1) is 24.9 Å². The Balaban J connectivity index is 2.33. The van der Waals surface area contributed by atoms with Crippen LogP contribution in [0.25, 0.3) is 0 Å². The second kappa shape index (κ2) is 9.82. The Kier molecular flexibility index (Phi) is 7.95. The van der Waals surface area contributed by atoms with E-state index in [1.807, 2.05) is 6.92 Å². The molecule has 1 aromatic rings. The fourth-order valence-corrected chi connectivity index (χ4v) is 3.39. The Morgan fingerprint density at radius 3 is 2.69 bits per heavy atom. The first kappa shape index (κ1) is 23.5. The highest BCUT2D eigenvalue weighted by atomic mass is 19.4. The highest BCUT2D eigenvalue weighted by Crippen LogP contribution is 2.40. The summed E-state index contributed by atoms with van der Waals surface area (Å²) in [6.07, 6.45) is -4.03. The van der Waals surface area contributed by atoms with Crippen molar-refractivity contribution in [3.63, 3.8) is 0 Å². The molecular formula is C19H24F5NO4. The van der Waals surface area contributed by atoms with E-state index < -0.39 is 54.5 Å². The molecule has 5 nitrogen and oxygen atoms in total. The van der Waals surface area contributed by atoms with Crippen molar-refractivity contribution in [3.8, 4) is 0 Å². The second-order valence-electron chi connectivity index (χ2n) is 7.02. The molecule has 1 aromatic carbocycles. The lowest BCUT2D eigenvalue weighted by molar-refractivity contribution is -0.182. The number of rotatable bonds is 8. The first-order valence-electron chi connectivity index (χ1n) is 9.29. The van der Waals surface area contributed by atoms with Gasteiger partial charge in [-0.15, -0.1) is 0 Å². The molecule has 1 amide bonds. The lowest BCUT2D eigenvalue weighted by atomic mass is 9.74. The van der Waals surface area contributed by atoms with Crippen molar-refractivity contribution in [3.05, 3.63) is 35.4 Å². The van der Waals surface area contributed by atoms with Crippen LogP contribution < -0.4 is 5.32 Å². The molecule has 10 heteroatoms. The number of hydrogen-bond donors (Lipinski definition) is 2. The Morgan fingerprint density at radius 2 is 2.10 bits per heavy atom. The maximum atomic E-state index is 14.5. The van der Waals surface area contributed by atoms with E-state index in [0.29, 0.717) is 12.7 Å². The Labute approximate surface area is 165 Å². The molecule has 3 atom stereocenters. The molecule has 2 N–H and O–H groups in total. The van der Waals surface area contributed by atoms with E-state index in [1.54, 1.807) is 5.32 Å². The number of aliphatic hydroxyl groups is 1. The van der Waals surface area contributed by atoms with E-state index in [2.05, 4.69) is 0 Å². The highest BCUT2D eigenvalue weighted by molar-refractivity contribution is 5.82. The molecule has 0 bridgehead atoms. The quantitative estimate of drug-likeness (QED) is 0.496. The Morgan fingerprint density at radius 1 is 1.38 bits per heavy atom. The maximum Gasteiger partial charge on any atom is 0.471 e. The van der Waals surface area contributed by atoms with E-state index in [-0.39, 0.29) is 18.6 Å². The summed E-state index contributed by atoms with van der Waals surface area (Å²) in [5.74, 6) is -5.39. The fourth-order valence-electron chi connectivity index (χ4n) is 3.39. The molecule has 0 spiro atoms. The van der Waals surface area contributed by atoms with E-state index >= 15 is 0 Å². The zero-order valence-electron chi connectivity index (χ0n) is 15.9. The molecule has 1 fully saturated rings. The number of alkyl halides is 3. The number of carbonyl (C=O) groups excluding carboxylic acids is 1. The van der Waals surface area contributed by atoms with Crippen molar-refractivity contribution in [1.82, 2.24) is 5.32 Å². The van der Waals surface area contributed by atoms with Crippen LogP contribution in [-0.4, -0.2) is 49.7 Å². The summed E-state index contributed by atoms with van der Waals surface area (Å²) in [6.45, 7) is 1.42. The fraction of sp³-hybridized carbons (Fsp3) is 0.632. The first-order valence-corrected chi connectivity index (χ1v) is 9.29. The molecule has 0 aliphatic carbocycles. The third kappa shape index (κ3) is 5.64. The SMILES string of the molecule is CCCCOC[C@H]1C[C@@H](CO)[C@](NC(=O)C(F)(F)F)(c2ccc(F)cc2F)CO1.